The van der Waals surface area contributed by atoms with Crippen LogP contribution >= 0.6 is 23.4 Å². The molecule has 3 rings (SSSR count). The number of benzene rings is 1. The molecule has 2 aliphatic rings. The Bertz CT molecular complexity index is 623. The number of rotatable bonds is 5. The molecular weight excluding hydrogens is 350 g/mol. The summed E-state index contributed by atoms with van der Waals surface area (Å²) in [5.74, 6) is 0.687. The summed E-state index contributed by atoms with van der Waals surface area (Å²) in [5, 5.41) is 3.60. The van der Waals surface area contributed by atoms with E-state index in [0.717, 1.165) is 24.5 Å². The Kier molecular flexibility index (Phi) is 5.86. The molecule has 1 N–H and O–H groups in total. The molecule has 6 nitrogen and oxygen atoms in total. The molecule has 2 aliphatic heterocycles. The summed E-state index contributed by atoms with van der Waals surface area (Å²) in [6, 6.07) is 5.50. The van der Waals surface area contributed by atoms with Crippen molar-refractivity contribution < 1.29 is 14.3 Å². The van der Waals surface area contributed by atoms with Crippen molar-refractivity contribution in [1.29, 1.82) is 0 Å². The van der Waals surface area contributed by atoms with Crippen LogP contribution < -0.4 is 10.2 Å². The van der Waals surface area contributed by atoms with Crippen LogP contribution in [0.3, 0.4) is 0 Å². The molecule has 0 radical (unpaired) electrons. The molecule has 0 unspecified atom stereocenters. The zero-order valence-corrected chi connectivity index (χ0v) is 14.9. The summed E-state index contributed by atoms with van der Waals surface area (Å²) in [5.41, 5.74) is 1.54. The second-order valence-corrected chi connectivity index (χ2v) is 7.09. The predicted molar refractivity (Wildman–Crippen MR) is 97.2 cm³/mol. The summed E-state index contributed by atoms with van der Waals surface area (Å²) >= 11 is 7.66. The van der Waals surface area contributed by atoms with Crippen LogP contribution in [0.1, 0.15) is 6.42 Å². The number of carbonyl (C=O) groups is 2. The van der Waals surface area contributed by atoms with Crippen molar-refractivity contribution in [2.45, 2.75) is 6.42 Å². The van der Waals surface area contributed by atoms with Crippen LogP contribution in [0, 0.1) is 0 Å². The van der Waals surface area contributed by atoms with Gasteiger partial charge in [-0.05, 0) is 12.1 Å². The molecule has 1 aromatic rings. The first-order valence-electron chi connectivity index (χ1n) is 7.98. The first-order chi connectivity index (χ1) is 11.6. The van der Waals surface area contributed by atoms with Gasteiger partial charge >= 0.3 is 0 Å². The highest BCUT2D eigenvalue weighted by Crippen LogP contribution is 2.34. The van der Waals surface area contributed by atoms with E-state index in [1.807, 2.05) is 18.2 Å². The number of para-hydroxylation sites is 1. The van der Waals surface area contributed by atoms with E-state index in [2.05, 4.69) is 10.2 Å². The fourth-order valence-electron chi connectivity index (χ4n) is 2.80. The zero-order valence-electron chi connectivity index (χ0n) is 13.3. The van der Waals surface area contributed by atoms with Crippen LogP contribution in [-0.2, 0) is 9.53 Å². The number of hydrogen-bond acceptors (Lipinski definition) is 5. The summed E-state index contributed by atoms with van der Waals surface area (Å²) < 4.78 is 5.38. The normalized spacial score (nSPS) is 18.1. The third kappa shape index (κ3) is 4.15. The Hall–Kier alpha value is -1.44. The summed E-state index contributed by atoms with van der Waals surface area (Å²) in [6.45, 7) is 3.94. The lowest BCUT2D eigenvalue weighted by Gasteiger charge is -2.31. The standard InChI is InChI=1S/C16H20ClN3O3S/c17-12-2-1-3-13(15(12)19-6-9-23-10-7-19)18-14(21)4-5-20-8-11-24-16(20)22/h1-3H,4-11H2,(H,18,21). The van der Waals surface area contributed by atoms with E-state index in [9.17, 15) is 9.59 Å². The van der Waals surface area contributed by atoms with Crippen molar-refractivity contribution in [2.24, 2.45) is 0 Å². The second-order valence-electron chi connectivity index (χ2n) is 5.64. The number of ether oxygens (including phenoxy) is 1. The Morgan fingerprint density at radius 1 is 1.29 bits per heavy atom. The lowest BCUT2D eigenvalue weighted by molar-refractivity contribution is -0.116. The third-order valence-corrected chi connectivity index (χ3v) is 5.24. The highest BCUT2D eigenvalue weighted by molar-refractivity contribution is 8.13. The van der Waals surface area contributed by atoms with E-state index in [0.29, 0.717) is 37.0 Å². The molecule has 0 bridgehead atoms. The van der Waals surface area contributed by atoms with E-state index in [1.165, 1.54) is 11.8 Å². The molecule has 2 saturated heterocycles. The number of anilines is 2. The van der Waals surface area contributed by atoms with Gasteiger partial charge in [0.25, 0.3) is 5.24 Å². The maximum absolute atomic E-state index is 12.3. The molecule has 0 aliphatic carbocycles. The highest BCUT2D eigenvalue weighted by atomic mass is 35.5. The van der Waals surface area contributed by atoms with Crippen molar-refractivity contribution >= 4 is 45.9 Å². The lowest BCUT2D eigenvalue weighted by atomic mass is 10.2. The van der Waals surface area contributed by atoms with Gasteiger partial charge in [0.2, 0.25) is 5.91 Å². The smallest absolute Gasteiger partial charge is 0.281 e. The van der Waals surface area contributed by atoms with Crippen LogP contribution in [0.15, 0.2) is 18.2 Å². The van der Waals surface area contributed by atoms with Gasteiger partial charge in [-0.2, -0.15) is 0 Å². The van der Waals surface area contributed by atoms with Gasteiger partial charge in [-0.1, -0.05) is 29.4 Å². The molecule has 1 aromatic carbocycles. The monoisotopic (exact) mass is 369 g/mol. The fourth-order valence-corrected chi connectivity index (χ4v) is 3.95. The van der Waals surface area contributed by atoms with Gasteiger partial charge in [0.15, 0.2) is 0 Å². The van der Waals surface area contributed by atoms with Crippen LogP contribution in [0.4, 0.5) is 16.2 Å². The molecule has 0 aromatic heterocycles. The van der Waals surface area contributed by atoms with Crippen LogP contribution in [0.5, 0.6) is 0 Å². The zero-order chi connectivity index (χ0) is 16.9. The van der Waals surface area contributed by atoms with Gasteiger partial charge in [0.05, 0.1) is 29.6 Å². The first-order valence-corrected chi connectivity index (χ1v) is 9.34. The SMILES string of the molecule is O=C(CCN1CCSC1=O)Nc1cccc(Cl)c1N1CCOCC1. The van der Waals surface area contributed by atoms with Crippen molar-refractivity contribution in [1.82, 2.24) is 4.90 Å². The highest BCUT2D eigenvalue weighted by Gasteiger charge is 2.22. The molecule has 130 valence electrons. The average Bonchev–Trinajstić information content (AvgIpc) is 2.99. The second kappa shape index (κ2) is 8.09. The van der Waals surface area contributed by atoms with E-state index < -0.39 is 0 Å². The fraction of sp³-hybridized carbons (Fsp3) is 0.500. The molecule has 0 saturated carbocycles. The number of halogens is 1. The van der Waals surface area contributed by atoms with Gasteiger partial charge in [-0.3, -0.25) is 9.59 Å². The number of nitrogens with zero attached hydrogens (tertiary/aromatic N) is 2. The number of nitrogens with one attached hydrogen (secondary N) is 1. The maximum Gasteiger partial charge on any atom is 0.281 e. The lowest BCUT2D eigenvalue weighted by Crippen LogP contribution is -2.37. The van der Waals surface area contributed by atoms with Gasteiger partial charge in [-0.25, -0.2) is 0 Å². The van der Waals surface area contributed by atoms with Crippen molar-refractivity contribution in [2.75, 3.05) is 55.4 Å². The topological polar surface area (TPSA) is 61.9 Å². The minimum absolute atomic E-state index is 0.0551. The molecule has 2 amide bonds. The molecule has 2 fully saturated rings. The van der Waals surface area contributed by atoms with Gasteiger partial charge in [0.1, 0.15) is 0 Å². The minimum atomic E-state index is -0.114. The van der Waals surface area contributed by atoms with Crippen LogP contribution in [-0.4, -0.2) is 61.2 Å². The van der Waals surface area contributed by atoms with Crippen molar-refractivity contribution in [3.63, 3.8) is 0 Å². The van der Waals surface area contributed by atoms with Crippen LogP contribution in [0.25, 0.3) is 0 Å². The van der Waals surface area contributed by atoms with E-state index >= 15 is 0 Å². The number of carbonyl (C=O) groups excluding carboxylic acids is 2. The molecule has 0 spiro atoms. The molecular formula is C16H20ClN3O3S. The Morgan fingerprint density at radius 3 is 2.79 bits per heavy atom. The molecule has 0 atom stereocenters. The van der Waals surface area contributed by atoms with Crippen LogP contribution in [0.2, 0.25) is 5.02 Å². The largest absolute Gasteiger partial charge is 0.378 e. The van der Waals surface area contributed by atoms with E-state index in [-0.39, 0.29) is 17.6 Å². The number of hydrogen-bond donors (Lipinski definition) is 1. The average molecular weight is 370 g/mol. The summed E-state index contributed by atoms with van der Waals surface area (Å²) in [4.78, 5) is 27.7. The van der Waals surface area contributed by atoms with E-state index in [1.54, 1.807) is 4.90 Å². The van der Waals surface area contributed by atoms with Gasteiger partial charge in [-0.15, -0.1) is 0 Å². The van der Waals surface area contributed by atoms with Gasteiger partial charge in [0, 0.05) is 38.4 Å². The Balaban J connectivity index is 1.64. The minimum Gasteiger partial charge on any atom is -0.378 e. The molecule has 2 heterocycles. The maximum atomic E-state index is 12.3. The summed E-state index contributed by atoms with van der Waals surface area (Å²) in [6.07, 6.45) is 0.279. The van der Waals surface area contributed by atoms with Gasteiger partial charge < -0.3 is 19.9 Å². The third-order valence-electron chi connectivity index (χ3n) is 4.04. The van der Waals surface area contributed by atoms with Crippen molar-refractivity contribution in [3.05, 3.63) is 23.2 Å². The number of morpholine rings is 1. The number of amides is 2. The molecule has 8 heteroatoms. The molecule has 24 heavy (non-hydrogen) atoms. The van der Waals surface area contributed by atoms with E-state index in [4.69, 9.17) is 16.3 Å². The summed E-state index contributed by atoms with van der Waals surface area (Å²) in [7, 11) is 0. The quantitative estimate of drug-likeness (QED) is 0.864. The Labute approximate surface area is 150 Å². The van der Waals surface area contributed by atoms with Crippen molar-refractivity contribution in [3.8, 4) is 0 Å². The predicted octanol–water partition coefficient (Wildman–Crippen LogP) is 2.67. The first kappa shape index (κ1) is 17.4. The Morgan fingerprint density at radius 2 is 2.08 bits per heavy atom. The number of thioether (sulfide) groups is 1.